The minimum atomic E-state index is 0.618. The molecule has 0 bridgehead atoms. The molecule has 0 rings (SSSR count). The topological polar surface area (TPSA) is 12.0 Å². The highest BCUT2D eigenvalue weighted by Gasteiger charge is 2.08. The van der Waals surface area contributed by atoms with Gasteiger partial charge in [-0.15, -0.1) is 6.58 Å². The van der Waals surface area contributed by atoms with Gasteiger partial charge in [0.05, 0.1) is 0 Å². The lowest BCUT2D eigenvalue weighted by Gasteiger charge is -2.20. The first-order valence-electron chi connectivity index (χ1n) is 4.56. The third-order valence-corrected chi connectivity index (χ3v) is 1.88. The van der Waals surface area contributed by atoms with E-state index in [0.29, 0.717) is 12.0 Å². The summed E-state index contributed by atoms with van der Waals surface area (Å²) in [7, 11) is 0. The van der Waals surface area contributed by atoms with Crippen LogP contribution in [0.15, 0.2) is 12.7 Å². The fraction of sp³-hybridized carbons (Fsp3) is 0.800. The zero-order chi connectivity index (χ0) is 8.69. The van der Waals surface area contributed by atoms with Gasteiger partial charge in [-0.1, -0.05) is 26.8 Å². The van der Waals surface area contributed by atoms with Crippen molar-refractivity contribution in [2.75, 3.05) is 6.54 Å². The second-order valence-corrected chi connectivity index (χ2v) is 3.33. The van der Waals surface area contributed by atoms with Crippen LogP contribution in [-0.2, 0) is 0 Å². The van der Waals surface area contributed by atoms with Crippen molar-refractivity contribution in [2.45, 2.75) is 39.7 Å². The monoisotopic (exact) mass is 155 g/mol. The van der Waals surface area contributed by atoms with Crippen molar-refractivity contribution < 1.29 is 0 Å². The summed E-state index contributed by atoms with van der Waals surface area (Å²) in [5.41, 5.74) is 0. The van der Waals surface area contributed by atoms with Gasteiger partial charge in [-0.3, -0.25) is 0 Å². The van der Waals surface area contributed by atoms with E-state index in [0.717, 1.165) is 13.0 Å². The van der Waals surface area contributed by atoms with Crippen molar-refractivity contribution in [3.63, 3.8) is 0 Å². The van der Waals surface area contributed by atoms with Crippen LogP contribution >= 0.6 is 0 Å². The molecule has 0 saturated carbocycles. The molecule has 0 aromatic heterocycles. The first-order chi connectivity index (χ1) is 5.22. The van der Waals surface area contributed by atoms with Crippen molar-refractivity contribution in [1.82, 2.24) is 5.32 Å². The second-order valence-electron chi connectivity index (χ2n) is 3.33. The summed E-state index contributed by atoms with van der Waals surface area (Å²) in [4.78, 5) is 0. The molecule has 0 amide bonds. The van der Waals surface area contributed by atoms with Crippen molar-refractivity contribution in [3.05, 3.63) is 12.7 Å². The Morgan fingerprint density at radius 3 is 2.45 bits per heavy atom. The third kappa shape index (κ3) is 5.02. The Kier molecular flexibility index (Phi) is 6.24. The largest absolute Gasteiger partial charge is 0.313 e. The van der Waals surface area contributed by atoms with E-state index in [1.54, 1.807) is 0 Å². The van der Waals surface area contributed by atoms with E-state index in [1.807, 2.05) is 6.08 Å². The number of hydrogen-bond acceptors (Lipinski definition) is 1. The molecule has 0 aromatic rings. The molecule has 1 heteroatoms. The highest BCUT2D eigenvalue weighted by molar-refractivity contribution is 4.79. The maximum Gasteiger partial charge on any atom is 0.0124 e. The van der Waals surface area contributed by atoms with Gasteiger partial charge < -0.3 is 5.32 Å². The lowest BCUT2D eigenvalue weighted by Crippen LogP contribution is -2.33. The van der Waals surface area contributed by atoms with Crippen LogP contribution in [0.1, 0.15) is 33.6 Å². The fourth-order valence-electron chi connectivity index (χ4n) is 1.10. The summed E-state index contributed by atoms with van der Waals surface area (Å²) in [5, 5.41) is 3.50. The van der Waals surface area contributed by atoms with E-state index in [9.17, 15) is 0 Å². The first kappa shape index (κ1) is 10.7. The Bertz CT molecular complexity index is 97.0. The molecule has 0 aliphatic carbocycles. The van der Waals surface area contributed by atoms with Gasteiger partial charge in [0.1, 0.15) is 0 Å². The molecule has 0 fully saturated rings. The highest BCUT2D eigenvalue weighted by atomic mass is 14.9. The van der Waals surface area contributed by atoms with Crippen molar-refractivity contribution in [2.24, 2.45) is 5.92 Å². The van der Waals surface area contributed by atoms with Crippen LogP contribution in [0.5, 0.6) is 0 Å². The fourth-order valence-corrected chi connectivity index (χ4v) is 1.10. The first-order valence-corrected chi connectivity index (χ1v) is 4.56. The Labute approximate surface area is 70.9 Å². The lowest BCUT2D eigenvalue weighted by molar-refractivity contribution is 0.403. The van der Waals surface area contributed by atoms with E-state index in [-0.39, 0.29) is 0 Å². The molecule has 0 heterocycles. The maximum absolute atomic E-state index is 3.75. The van der Waals surface area contributed by atoms with Crippen LogP contribution in [0.25, 0.3) is 0 Å². The summed E-state index contributed by atoms with van der Waals surface area (Å²) in [5.74, 6) is 0.708. The summed E-state index contributed by atoms with van der Waals surface area (Å²) in [6, 6.07) is 0.618. The van der Waals surface area contributed by atoms with Crippen LogP contribution < -0.4 is 5.32 Å². The van der Waals surface area contributed by atoms with Gasteiger partial charge in [0.2, 0.25) is 0 Å². The van der Waals surface area contributed by atoms with Crippen molar-refractivity contribution >= 4 is 0 Å². The molecular weight excluding hydrogens is 134 g/mol. The molecule has 0 saturated heterocycles. The Morgan fingerprint density at radius 2 is 2.09 bits per heavy atom. The maximum atomic E-state index is 3.75. The summed E-state index contributed by atoms with van der Waals surface area (Å²) < 4.78 is 0. The average molecular weight is 155 g/mol. The van der Waals surface area contributed by atoms with Crippen LogP contribution in [0.3, 0.4) is 0 Å². The minimum absolute atomic E-state index is 0.618. The van der Waals surface area contributed by atoms with E-state index in [1.165, 1.54) is 6.42 Å². The highest BCUT2D eigenvalue weighted by Crippen LogP contribution is 2.05. The Morgan fingerprint density at radius 1 is 1.45 bits per heavy atom. The predicted octanol–water partition coefficient (Wildman–Crippen LogP) is 2.59. The van der Waals surface area contributed by atoms with Crippen LogP contribution in [0, 0.1) is 5.92 Å². The van der Waals surface area contributed by atoms with Crippen molar-refractivity contribution in [3.8, 4) is 0 Å². The molecule has 1 atom stereocenters. The molecule has 1 unspecified atom stereocenters. The molecule has 0 aliphatic rings. The Balaban J connectivity index is 3.59. The molecule has 1 N–H and O–H groups in total. The predicted molar refractivity (Wildman–Crippen MR) is 51.7 cm³/mol. The van der Waals surface area contributed by atoms with Crippen LogP contribution in [0.2, 0.25) is 0 Å². The van der Waals surface area contributed by atoms with E-state index >= 15 is 0 Å². The summed E-state index contributed by atoms with van der Waals surface area (Å²) in [6.07, 6.45) is 4.28. The van der Waals surface area contributed by atoms with Crippen molar-refractivity contribution in [1.29, 1.82) is 0 Å². The van der Waals surface area contributed by atoms with Gasteiger partial charge in [0.25, 0.3) is 0 Å². The summed E-state index contributed by atoms with van der Waals surface area (Å²) >= 11 is 0. The average Bonchev–Trinajstić information content (AvgIpc) is 1.97. The van der Waals surface area contributed by atoms with E-state index in [2.05, 4.69) is 32.7 Å². The molecule has 1 nitrogen and oxygen atoms in total. The van der Waals surface area contributed by atoms with E-state index < -0.39 is 0 Å². The zero-order valence-corrected chi connectivity index (χ0v) is 8.06. The molecule has 11 heavy (non-hydrogen) atoms. The second kappa shape index (κ2) is 6.41. The molecule has 0 aromatic carbocycles. The van der Waals surface area contributed by atoms with Gasteiger partial charge in [0, 0.05) is 6.04 Å². The van der Waals surface area contributed by atoms with Gasteiger partial charge in [-0.2, -0.15) is 0 Å². The number of hydrogen-bond donors (Lipinski definition) is 1. The molecule has 66 valence electrons. The zero-order valence-electron chi connectivity index (χ0n) is 8.06. The SMILES string of the molecule is C=CCC(NCCC)C(C)C. The third-order valence-electron chi connectivity index (χ3n) is 1.88. The molecule has 0 aliphatic heterocycles. The lowest BCUT2D eigenvalue weighted by atomic mass is 10.0. The number of rotatable bonds is 6. The standard InChI is InChI=1S/C10H21N/c1-5-7-10(9(3)4)11-8-6-2/h5,9-11H,1,6-8H2,2-4H3. The van der Waals surface area contributed by atoms with Crippen LogP contribution in [0.4, 0.5) is 0 Å². The molecule has 0 radical (unpaired) electrons. The quantitative estimate of drug-likeness (QED) is 0.581. The Hall–Kier alpha value is -0.300. The molecule has 0 spiro atoms. The van der Waals surface area contributed by atoms with Crippen LogP contribution in [-0.4, -0.2) is 12.6 Å². The smallest absolute Gasteiger partial charge is 0.0124 e. The summed E-state index contributed by atoms with van der Waals surface area (Å²) in [6.45, 7) is 11.6. The van der Waals surface area contributed by atoms with Gasteiger partial charge in [-0.25, -0.2) is 0 Å². The number of nitrogens with one attached hydrogen (secondary N) is 1. The normalized spacial score (nSPS) is 13.5. The molecular formula is C10H21N. The van der Waals surface area contributed by atoms with E-state index in [4.69, 9.17) is 0 Å². The van der Waals surface area contributed by atoms with Gasteiger partial charge >= 0.3 is 0 Å². The van der Waals surface area contributed by atoms with Gasteiger partial charge in [-0.05, 0) is 25.3 Å². The van der Waals surface area contributed by atoms with Gasteiger partial charge in [0.15, 0.2) is 0 Å². The minimum Gasteiger partial charge on any atom is -0.313 e.